The van der Waals surface area contributed by atoms with Gasteiger partial charge in [0.05, 0.1) is 11.9 Å². The lowest BCUT2D eigenvalue weighted by molar-refractivity contribution is 0.252. The third-order valence-corrected chi connectivity index (χ3v) is 3.43. The molecule has 3 unspecified atom stereocenters. The van der Waals surface area contributed by atoms with Gasteiger partial charge in [-0.05, 0) is 37.5 Å². The Morgan fingerprint density at radius 1 is 1.29 bits per heavy atom. The zero-order valence-corrected chi connectivity index (χ0v) is 9.79. The van der Waals surface area contributed by atoms with Crippen molar-refractivity contribution in [3.63, 3.8) is 0 Å². The summed E-state index contributed by atoms with van der Waals surface area (Å²) in [6.07, 6.45) is 5.84. The normalized spacial score (nSPS) is 34.5. The molecule has 0 radical (unpaired) electrons. The third-order valence-electron chi connectivity index (χ3n) is 3.43. The predicted molar refractivity (Wildman–Crippen MR) is 62.5 cm³/mol. The first-order valence-electron chi connectivity index (χ1n) is 5.95. The molecule has 3 atom stereocenters. The number of nitrogens with two attached hydrogens (primary N) is 1. The standard InChI is InChI=1S/C12H24N2/c1-4-5-12(13)14-11-7-6-9(2)10(3)8-11/h9-11H,4-8H2,1-3H3,(H2,13,14). The summed E-state index contributed by atoms with van der Waals surface area (Å²) in [6, 6.07) is 0.507. The Balaban J connectivity index is 2.43. The molecule has 0 heterocycles. The van der Waals surface area contributed by atoms with E-state index in [0.29, 0.717) is 6.04 Å². The lowest BCUT2D eigenvalue weighted by atomic mass is 9.79. The van der Waals surface area contributed by atoms with E-state index in [4.69, 9.17) is 5.73 Å². The van der Waals surface area contributed by atoms with Crippen LogP contribution in [-0.4, -0.2) is 11.9 Å². The Morgan fingerprint density at radius 2 is 2.00 bits per heavy atom. The maximum atomic E-state index is 5.85. The van der Waals surface area contributed by atoms with E-state index in [9.17, 15) is 0 Å². The first kappa shape index (κ1) is 11.5. The number of hydrogen-bond acceptors (Lipinski definition) is 1. The van der Waals surface area contributed by atoms with Crippen LogP contribution in [0.2, 0.25) is 0 Å². The maximum Gasteiger partial charge on any atom is 0.0940 e. The van der Waals surface area contributed by atoms with Gasteiger partial charge in [-0.25, -0.2) is 0 Å². The van der Waals surface area contributed by atoms with Gasteiger partial charge in [0.2, 0.25) is 0 Å². The minimum absolute atomic E-state index is 0.507. The fraction of sp³-hybridized carbons (Fsp3) is 0.917. The minimum Gasteiger partial charge on any atom is -0.387 e. The monoisotopic (exact) mass is 196 g/mol. The van der Waals surface area contributed by atoms with Crippen molar-refractivity contribution < 1.29 is 0 Å². The van der Waals surface area contributed by atoms with Crippen LogP contribution in [0.25, 0.3) is 0 Å². The molecule has 1 rings (SSSR count). The average molecular weight is 196 g/mol. The van der Waals surface area contributed by atoms with Crippen LogP contribution in [0.4, 0.5) is 0 Å². The Kier molecular flexibility index (Phi) is 4.43. The summed E-state index contributed by atoms with van der Waals surface area (Å²) in [7, 11) is 0. The topological polar surface area (TPSA) is 38.4 Å². The molecular formula is C12H24N2. The van der Waals surface area contributed by atoms with Crippen LogP contribution in [0.3, 0.4) is 0 Å². The molecule has 0 amide bonds. The summed E-state index contributed by atoms with van der Waals surface area (Å²) in [5.74, 6) is 2.54. The molecule has 0 bridgehead atoms. The van der Waals surface area contributed by atoms with Gasteiger partial charge in [0, 0.05) is 6.42 Å². The van der Waals surface area contributed by atoms with Gasteiger partial charge in [0.1, 0.15) is 0 Å². The van der Waals surface area contributed by atoms with Crippen molar-refractivity contribution in [2.75, 3.05) is 0 Å². The quantitative estimate of drug-likeness (QED) is 0.547. The second-order valence-electron chi connectivity index (χ2n) is 4.79. The Labute approximate surface area is 88.0 Å². The summed E-state index contributed by atoms with van der Waals surface area (Å²) >= 11 is 0. The van der Waals surface area contributed by atoms with Crippen LogP contribution < -0.4 is 5.73 Å². The molecule has 0 aromatic carbocycles. The summed E-state index contributed by atoms with van der Waals surface area (Å²) in [4.78, 5) is 4.61. The molecule has 14 heavy (non-hydrogen) atoms. The SMILES string of the molecule is CCCC(N)=NC1CCC(C)C(C)C1. The highest BCUT2D eigenvalue weighted by atomic mass is 14.9. The zero-order valence-electron chi connectivity index (χ0n) is 9.79. The van der Waals surface area contributed by atoms with E-state index in [1.54, 1.807) is 0 Å². The molecular weight excluding hydrogens is 172 g/mol. The molecule has 0 aliphatic heterocycles. The number of amidine groups is 1. The molecule has 0 saturated heterocycles. The molecule has 1 fully saturated rings. The highest BCUT2D eigenvalue weighted by Crippen LogP contribution is 2.30. The van der Waals surface area contributed by atoms with Crippen LogP contribution in [0.1, 0.15) is 52.9 Å². The van der Waals surface area contributed by atoms with Crippen LogP contribution in [0, 0.1) is 11.8 Å². The van der Waals surface area contributed by atoms with Gasteiger partial charge in [0.25, 0.3) is 0 Å². The second kappa shape index (κ2) is 5.38. The molecule has 2 nitrogen and oxygen atoms in total. The lowest BCUT2D eigenvalue weighted by Gasteiger charge is -2.30. The van der Waals surface area contributed by atoms with Crippen molar-refractivity contribution in [3.8, 4) is 0 Å². The first-order chi connectivity index (χ1) is 6.63. The molecule has 1 aliphatic carbocycles. The predicted octanol–water partition coefficient (Wildman–Crippen LogP) is 2.97. The van der Waals surface area contributed by atoms with Gasteiger partial charge in [-0.2, -0.15) is 0 Å². The van der Waals surface area contributed by atoms with Gasteiger partial charge >= 0.3 is 0 Å². The molecule has 0 aromatic heterocycles. The van der Waals surface area contributed by atoms with E-state index < -0.39 is 0 Å². The highest BCUT2D eigenvalue weighted by Gasteiger charge is 2.23. The maximum absolute atomic E-state index is 5.85. The number of nitrogens with zero attached hydrogens (tertiary/aromatic N) is 1. The van der Waals surface area contributed by atoms with Gasteiger partial charge in [0.15, 0.2) is 0 Å². The fourth-order valence-electron chi connectivity index (χ4n) is 2.19. The van der Waals surface area contributed by atoms with E-state index in [2.05, 4.69) is 25.8 Å². The van der Waals surface area contributed by atoms with E-state index in [1.165, 1.54) is 19.3 Å². The number of aliphatic imine (C=N–C) groups is 1. The first-order valence-corrected chi connectivity index (χ1v) is 5.95. The Morgan fingerprint density at radius 3 is 2.57 bits per heavy atom. The van der Waals surface area contributed by atoms with Gasteiger partial charge in [-0.3, -0.25) is 4.99 Å². The van der Waals surface area contributed by atoms with Gasteiger partial charge < -0.3 is 5.73 Å². The smallest absolute Gasteiger partial charge is 0.0940 e. The number of rotatable bonds is 3. The van der Waals surface area contributed by atoms with E-state index in [1.807, 2.05) is 0 Å². The van der Waals surface area contributed by atoms with Crippen molar-refractivity contribution in [3.05, 3.63) is 0 Å². The molecule has 82 valence electrons. The number of hydrogen-bond donors (Lipinski definition) is 1. The highest BCUT2D eigenvalue weighted by molar-refractivity contribution is 5.80. The van der Waals surface area contributed by atoms with Crippen molar-refractivity contribution >= 4 is 5.84 Å². The van der Waals surface area contributed by atoms with Crippen molar-refractivity contribution in [1.29, 1.82) is 0 Å². The second-order valence-corrected chi connectivity index (χ2v) is 4.79. The Bertz CT molecular complexity index is 198. The van der Waals surface area contributed by atoms with Gasteiger partial charge in [-0.1, -0.05) is 20.8 Å². The molecule has 0 spiro atoms. The summed E-state index contributed by atoms with van der Waals surface area (Å²) in [6.45, 7) is 6.83. The van der Waals surface area contributed by atoms with Crippen LogP contribution in [-0.2, 0) is 0 Å². The molecule has 1 aliphatic rings. The van der Waals surface area contributed by atoms with Crippen LogP contribution >= 0.6 is 0 Å². The summed E-state index contributed by atoms with van der Waals surface area (Å²) in [5.41, 5.74) is 5.85. The Hall–Kier alpha value is -0.530. The lowest BCUT2D eigenvalue weighted by Crippen LogP contribution is -2.25. The zero-order chi connectivity index (χ0) is 10.6. The largest absolute Gasteiger partial charge is 0.387 e. The van der Waals surface area contributed by atoms with Crippen molar-refractivity contribution in [2.45, 2.75) is 58.9 Å². The third kappa shape index (κ3) is 3.32. The summed E-state index contributed by atoms with van der Waals surface area (Å²) < 4.78 is 0. The van der Waals surface area contributed by atoms with E-state index >= 15 is 0 Å². The van der Waals surface area contributed by atoms with E-state index in [-0.39, 0.29) is 0 Å². The van der Waals surface area contributed by atoms with Gasteiger partial charge in [-0.15, -0.1) is 0 Å². The average Bonchev–Trinajstić information content (AvgIpc) is 2.12. The van der Waals surface area contributed by atoms with Crippen LogP contribution in [0.5, 0.6) is 0 Å². The fourth-order valence-corrected chi connectivity index (χ4v) is 2.19. The van der Waals surface area contributed by atoms with E-state index in [0.717, 1.165) is 30.5 Å². The minimum atomic E-state index is 0.507. The molecule has 2 N–H and O–H groups in total. The van der Waals surface area contributed by atoms with Crippen molar-refractivity contribution in [2.24, 2.45) is 22.6 Å². The van der Waals surface area contributed by atoms with Crippen molar-refractivity contribution in [1.82, 2.24) is 0 Å². The molecule has 1 saturated carbocycles. The molecule has 2 heteroatoms. The molecule has 0 aromatic rings. The van der Waals surface area contributed by atoms with Crippen LogP contribution in [0.15, 0.2) is 4.99 Å². The summed E-state index contributed by atoms with van der Waals surface area (Å²) in [5, 5.41) is 0.